The van der Waals surface area contributed by atoms with Crippen molar-refractivity contribution >= 4 is 0 Å². The van der Waals surface area contributed by atoms with Crippen molar-refractivity contribution in [2.75, 3.05) is 26.2 Å². The molecule has 1 aromatic rings. The average Bonchev–Trinajstić information content (AvgIpc) is 3.13. The highest BCUT2D eigenvalue weighted by molar-refractivity contribution is 5.19. The second-order valence-electron chi connectivity index (χ2n) is 5.54. The van der Waals surface area contributed by atoms with E-state index in [1.165, 1.54) is 38.8 Å². The molecule has 0 unspecified atom stereocenters. The van der Waals surface area contributed by atoms with Crippen molar-refractivity contribution in [3.05, 3.63) is 24.0 Å². The van der Waals surface area contributed by atoms with Crippen LogP contribution in [0.2, 0.25) is 0 Å². The van der Waals surface area contributed by atoms with Crippen molar-refractivity contribution in [1.29, 1.82) is 0 Å². The van der Waals surface area contributed by atoms with Crippen molar-refractivity contribution in [2.45, 2.75) is 38.3 Å². The lowest BCUT2D eigenvalue weighted by Gasteiger charge is -2.14. The van der Waals surface area contributed by atoms with E-state index in [-0.39, 0.29) is 0 Å². The maximum absolute atomic E-state index is 5.74. The minimum absolute atomic E-state index is 0.734. The lowest BCUT2D eigenvalue weighted by Crippen LogP contribution is -2.25. The molecule has 2 aliphatic rings. The summed E-state index contributed by atoms with van der Waals surface area (Å²) in [6, 6.07) is 4.82. The van der Waals surface area contributed by atoms with Crippen molar-refractivity contribution < 1.29 is 4.74 Å². The number of nitrogens with one attached hydrogen (secondary N) is 1. The fourth-order valence-corrected chi connectivity index (χ4v) is 2.44. The molecular formula is C15H23N3O. The quantitative estimate of drug-likeness (QED) is 0.812. The van der Waals surface area contributed by atoms with Crippen LogP contribution < -0.4 is 10.1 Å². The van der Waals surface area contributed by atoms with Crippen molar-refractivity contribution in [1.82, 2.24) is 15.2 Å². The monoisotopic (exact) mass is 261 g/mol. The molecule has 0 radical (unpaired) electrons. The van der Waals surface area contributed by atoms with Gasteiger partial charge in [0.25, 0.3) is 0 Å². The molecule has 0 spiro atoms. The third-order valence-corrected chi connectivity index (χ3v) is 3.82. The van der Waals surface area contributed by atoms with Crippen LogP contribution in [-0.4, -0.2) is 42.2 Å². The number of hydrogen-bond donors (Lipinski definition) is 1. The zero-order chi connectivity index (χ0) is 12.9. The van der Waals surface area contributed by atoms with Gasteiger partial charge in [-0.3, -0.25) is 9.88 Å². The van der Waals surface area contributed by atoms with E-state index in [1.54, 1.807) is 0 Å². The Kier molecular flexibility index (Phi) is 4.30. The average molecular weight is 261 g/mol. The molecule has 0 amide bonds. The summed E-state index contributed by atoms with van der Waals surface area (Å²) in [7, 11) is 0. The molecule has 2 fully saturated rings. The summed E-state index contributed by atoms with van der Waals surface area (Å²) < 4.78 is 5.74. The van der Waals surface area contributed by atoms with Crippen LogP contribution in [0.3, 0.4) is 0 Å². The first-order chi connectivity index (χ1) is 9.40. The summed E-state index contributed by atoms with van der Waals surface area (Å²) in [6.45, 7) is 5.13. The predicted octanol–water partition coefficient (Wildman–Crippen LogP) is 1.81. The Labute approximate surface area is 115 Å². The first-order valence-electron chi connectivity index (χ1n) is 7.43. The zero-order valence-electron chi connectivity index (χ0n) is 11.5. The van der Waals surface area contributed by atoms with Gasteiger partial charge in [0, 0.05) is 19.1 Å². The van der Waals surface area contributed by atoms with Crippen LogP contribution in [-0.2, 0) is 6.54 Å². The summed E-state index contributed by atoms with van der Waals surface area (Å²) in [5.41, 5.74) is 1.10. The summed E-state index contributed by atoms with van der Waals surface area (Å²) in [6.07, 6.45) is 7.15. The molecular weight excluding hydrogens is 238 g/mol. The molecule has 4 nitrogen and oxygen atoms in total. The first-order valence-corrected chi connectivity index (χ1v) is 7.43. The molecule has 1 aliphatic heterocycles. The SMILES string of the molecule is c1cc(CNC2CC2)ncc1OCCN1CCCC1. The fourth-order valence-electron chi connectivity index (χ4n) is 2.44. The van der Waals surface area contributed by atoms with E-state index < -0.39 is 0 Å². The van der Waals surface area contributed by atoms with Gasteiger partial charge < -0.3 is 10.1 Å². The van der Waals surface area contributed by atoms with Gasteiger partial charge >= 0.3 is 0 Å². The lowest BCUT2D eigenvalue weighted by atomic mass is 10.3. The van der Waals surface area contributed by atoms with Gasteiger partial charge in [-0.2, -0.15) is 0 Å². The van der Waals surface area contributed by atoms with E-state index in [2.05, 4.69) is 21.3 Å². The van der Waals surface area contributed by atoms with Gasteiger partial charge in [0.05, 0.1) is 11.9 Å². The van der Waals surface area contributed by atoms with Crippen LogP contribution in [0.1, 0.15) is 31.4 Å². The Hall–Kier alpha value is -1.13. The third-order valence-electron chi connectivity index (χ3n) is 3.82. The minimum Gasteiger partial charge on any atom is -0.491 e. The Bertz CT molecular complexity index is 383. The van der Waals surface area contributed by atoms with E-state index in [0.29, 0.717) is 0 Å². The Morgan fingerprint density at radius 2 is 2.11 bits per heavy atom. The number of pyridine rings is 1. The Morgan fingerprint density at radius 1 is 1.26 bits per heavy atom. The molecule has 0 aromatic carbocycles. The molecule has 1 N–H and O–H groups in total. The normalized spacial score (nSPS) is 19.8. The molecule has 104 valence electrons. The summed E-state index contributed by atoms with van der Waals surface area (Å²) >= 11 is 0. The highest BCUT2D eigenvalue weighted by Gasteiger charge is 2.20. The predicted molar refractivity (Wildman–Crippen MR) is 75.3 cm³/mol. The van der Waals surface area contributed by atoms with Crippen LogP contribution in [0.5, 0.6) is 5.75 Å². The molecule has 1 saturated carbocycles. The lowest BCUT2D eigenvalue weighted by molar-refractivity contribution is 0.237. The van der Waals surface area contributed by atoms with E-state index in [4.69, 9.17) is 4.74 Å². The molecule has 1 aliphatic carbocycles. The largest absolute Gasteiger partial charge is 0.491 e. The first kappa shape index (κ1) is 12.9. The number of aromatic nitrogens is 1. The Morgan fingerprint density at radius 3 is 2.79 bits per heavy atom. The molecule has 4 heteroatoms. The maximum Gasteiger partial charge on any atom is 0.137 e. The molecule has 1 aromatic heterocycles. The van der Waals surface area contributed by atoms with Crippen LogP contribution in [0.15, 0.2) is 18.3 Å². The van der Waals surface area contributed by atoms with Gasteiger partial charge in [0.2, 0.25) is 0 Å². The molecule has 0 bridgehead atoms. The molecule has 1 saturated heterocycles. The van der Waals surface area contributed by atoms with E-state index in [9.17, 15) is 0 Å². The van der Waals surface area contributed by atoms with Gasteiger partial charge in [-0.1, -0.05) is 0 Å². The maximum atomic E-state index is 5.74. The number of rotatable bonds is 7. The summed E-state index contributed by atoms with van der Waals surface area (Å²) in [5.74, 6) is 0.884. The number of nitrogens with zero attached hydrogens (tertiary/aromatic N) is 2. The minimum atomic E-state index is 0.734. The fraction of sp³-hybridized carbons (Fsp3) is 0.667. The van der Waals surface area contributed by atoms with Crippen LogP contribution in [0, 0.1) is 0 Å². The highest BCUT2D eigenvalue weighted by Crippen LogP contribution is 2.19. The zero-order valence-corrected chi connectivity index (χ0v) is 11.5. The molecule has 19 heavy (non-hydrogen) atoms. The summed E-state index contributed by atoms with van der Waals surface area (Å²) in [4.78, 5) is 6.89. The van der Waals surface area contributed by atoms with Gasteiger partial charge in [0.15, 0.2) is 0 Å². The topological polar surface area (TPSA) is 37.4 Å². The number of ether oxygens (including phenoxy) is 1. The second kappa shape index (κ2) is 6.35. The van der Waals surface area contributed by atoms with Crippen LogP contribution >= 0.6 is 0 Å². The van der Waals surface area contributed by atoms with Gasteiger partial charge in [-0.25, -0.2) is 0 Å². The molecule has 3 rings (SSSR count). The van der Waals surface area contributed by atoms with Crippen molar-refractivity contribution in [2.24, 2.45) is 0 Å². The van der Waals surface area contributed by atoms with Crippen molar-refractivity contribution in [3.8, 4) is 5.75 Å². The van der Waals surface area contributed by atoms with Crippen molar-refractivity contribution in [3.63, 3.8) is 0 Å². The number of hydrogen-bond acceptors (Lipinski definition) is 4. The van der Waals surface area contributed by atoms with Gasteiger partial charge in [0.1, 0.15) is 12.4 Å². The van der Waals surface area contributed by atoms with Crippen LogP contribution in [0.25, 0.3) is 0 Å². The summed E-state index contributed by atoms with van der Waals surface area (Å²) in [5, 5.41) is 3.46. The van der Waals surface area contributed by atoms with Gasteiger partial charge in [-0.15, -0.1) is 0 Å². The Balaban J connectivity index is 1.37. The molecule has 2 heterocycles. The van der Waals surface area contributed by atoms with Gasteiger partial charge in [-0.05, 0) is 50.9 Å². The number of likely N-dealkylation sites (tertiary alicyclic amines) is 1. The molecule has 0 atom stereocenters. The smallest absolute Gasteiger partial charge is 0.137 e. The van der Waals surface area contributed by atoms with Crippen LogP contribution in [0.4, 0.5) is 0 Å². The van der Waals surface area contributed by atoms with E-state index in [1.807, 2.05) is 12.3 Å². The third kappa shape index (κ3) is 4.18. The van der Waals surface area contributed by atoms with E-state index in [0.717, 1.165) is 37.2 Å². The second-order valence-corrected chi connectivity index (χ2v) is 5.54. The van der Waals surface area contributed by atoms with E-state index >= 15 is 0 Å². The standard InChI is InChI=1S/C15H23N3O/c1-2-8-18(7-1)9-10-19-15-6-5-14(17-12-15)11-16-13-3-4-13/h5-6,12-13,16H,1-4,7-11H2. The highest BCUT2D eigenvalue weighted by atomic mass is 16.5.